The van der Waals surface area contributed by atoms with E-state index >= 15 is 0 Å². The van der Waals surface area contributed by atoms with Gasteiger partial charge in [-0.05, 0) is 42.0 Å². The number of hydrogen-bond donors (Lipinski definition) is 2. The largest absolute Gasteiger partial charge is 0.416 e. The highest BCUT2D eigenvalue weighted by molar-refractivity contribution is 6.30. The Bertz CT molecular complexity index is 1400. The van der Waals surface area contributed by atoms with Crippen molar-refractivity contribution in [2.24, 2.45) is 0 Å². The van der Waals surface area contributed by atoms with Crippen LogP contribution in [0.15, 0.2) is 60.9 Å². The van der Waals surface area contributed by atoms with Gasteiger partial charge in [-0.3, -0.25) is 4.79 Å². The molecule has 11 heteroatoms. The van der Waals surface area contributed by atoms with Gasteiger partial charge in [0.15, 0.2) is 5.65 Å². The minimum atomic E-state index is -4.54. The molecule has 1 saturated heterocycles. The molecule has 0 saturated carbocycles. The van der Waals surface area contributed by atoms with Gasteiger partial charge < -0.3 is 15.5 Å². The maximum Gasteiger partial charge on any atom is 0.416 e. The number of alkyl halides is 3. The van der Waals surface area contributed by atoms with E-state index in [1.54, 1.807) is 30.6 Å². The molecule has 7 nitrogen and oxygen atoms in total. The fourth-order valence-electron chi connectivity index (χ4n) is 4.04. The van der Waals surface area contributed by atoms with Gasteiger partial charge in [0.25, 0.3) is 5.91 Å². The van der Waals surface area contributed by atoms with Crippen LogP contribution in [0.3, 0.4) is 0 Å². The molecular weight excluding hydrogens is 481 g/mol. The number of aromatic nitrogens is 3. The van der Waals surface area contributed by atoms with E-state index in [1.165, 1.54) is 16.6 Å². The molecule has 0 spiro atoms. The van der Waals surface area contributed by atoms with E-state index in [-0.39, 0.29) is 11.4 Å². The molecule has 1 aliphatic heterocycles. The summed E-state index contributed by atoms with van der Waals surface area (Å²) in [5.41, 5.74) is 1.68. The summed E-state index contributed by atoms with van der Waals surface area (Å²) in [4.78, 5) is 19.5. The van der Waals surface area contributed by atoms with Crippen molar-refractivity contribution in [3.63, 3.8) is 0 Å². The third-order valence-corrected chi connectivity index (χ3v) is 6.00. The van der Waals surface area contributed by atoms with Gasteiger partial charge in [0, 0.05) is 43.0 Å². The van der Waals surface area contributed by atoms with Gasteiger partial charge in [-0.2, -0.15) is 18.3 Å². The number of carbonyl (C=O) groups is 1. The number of piperazine rings is 1. The summed E-state index contributed by atoms with van der Waals surface area (Å²) in [6.45, 7) is 2.61. The highest BCUT2D eigenvalue weighted by Gasteiger charge is 2.32. The predicted molar refractivity (Wildman–Crippen MR) is 128 cm³/mol. The van der Waals surface area contributed by atoms with Gasteiger partial charge in [-0.25, -0.2) is 9.50 Å². The molecule has 0 atom stereocenters. The summed E-state index contributed by atoms with van der Waals surface area (Å²) in [6, 6.07) is 12.0. The zero-order valence-corrected chi connectivity index (χ0v) is 19.1. The number of rotatable bonds is 4. The number of benzene rings is 2. The SMILES string of the molecule is O=C(Nc1cc(C(F)(F)F)ccc1N1CCNCC1)c1ccn2ncc(-c3cccc(Cl)c3)c2n1. The third-order valence-electron chi connectivity index (χ3n) is 5.77. The topological polar surface area (TPSA) is 74.6 Å². The summed E-state index contributed by atoms with van der Waals surface area (Å²) in [5.74, 6) is -0.624. The third kappa shape index (κ3) is 4.80. The molecule has 5 rings (SSSR count). The van der Waals surface area contributed by atoms with Crippen LogP contribution in [-0.2, 0) is 6.18 Å². The van der Waals surface area contributed by atoms with Crippen LogP contribution in [0, 0.1) is 0 Å². The second-order valence-electron chi connectivity index (χ2n) is 8.07. The molecule has 180 valence electrons. The fraction of sp³-hybridized carbons (Fsp3) is 0.208. The zero-order chi connectivity index (χ0) is 24.6. The van der Waals surface area contributed by atoms with Crippen LogP contribution < -0.4 is 15.5 Å². The highest BCUT2D eigenvalue weighted by atomic mass is 35.5. The van der Waals surface area contributed by atoms with E-state index < -0.39 is 17.6 Å². The number of anilines is 2. The van der Waals surface area contributed by atoms with Gasteiger partial charge in [-0.1, -0.05) is 23.7 Å². The molecule has 35 heavy (non-hydrogen) atoms. The molecular formula is C24H20ClF3N6O. The lowest BCUT2D eigenvalue weighted by atomic mass is 10.1. The van der Waals surface area contributed by atoms with Gasteiger partial charge >= 0.3 is 6.18 Å². The number of nitrogens with zero attached hydrogens (tertiary/aromatic N) is 4. The van der Waals surface area contributed by atoms with Crippen molar-refractivity contribution >= 4 is 34.5 Å². The first-order valence-corrected chi connectivity index (χ1v) is 11.3. The quantitative estimate of drug-likeness (QED) is 0.424. The van der Waals surface area contributed by atoms with Gasteiger partial charge in [0.2, 0.25) is 0 Å². The van der Waals surface area contributed by atoms with Crippen molar-refractivity contribution in [3.05, 3.63) is 77.2 Å². The molecule has 1 amide bonds. The second-order valence-corrected chi connectivity index (χ2v) is 8.51. The van der Waals surface area contributed by atoms with Crippen molar-refractivity contribution in [3.8, 4) is 11.1 Å². The van der Waals surface area contributed by atoms with Crippen LogP contribution in [0.2, 0.25) is 5.02 Å². The fourth-order valence-corrected chi connectivity index (χ4v) is 4.23. The number of nitrogens with one attached hydrogen (secondary N) is 2. The summed E-state index contributed by atoms with van der Waals surface area (Å²) in [5, 5.41) is 10.7. The van der Waals surface area contributed by atoms with E-state index in [0.29, 0.717) is 48.1 Å². The van der Waals surface area contributed by atoms with Crippen LogP contribution in [0.1, 0.15) is 16.1 Å². The van der Waals surface area contributed by atoms with Crippen LogP contribution in [0.5, 0.6) is 0 Å². The van der Waals surface area contributed by atoms with Gasteiger partial charge in [0.05, 0.1) is 23.1 Å². The Morgan fingerprint density at radius 2 is 1.89 bits per heavy atom. The lowest BCUT2D eigenvalue weighted by Crippen LogP contribution is -2.43. The average Bonchev–Trinajstić information content (AvgIpc) is 3.27. The predicted octanol–water partition coefficient (Wildman–Crippen LogP) is 4.73. The first kappa shape index (κ1) is 23.1. The van der Waals surface area contributed by atoms with Crippen molar-refractivity contribution in [1.82, 2.24) is 19.9 Å². The molecule has 0 radical (unpaired) electrons. The molecule has 1 fully saturated rings. The molecule has 1 aliphatic rings. The molecule has 2 aromatic carbocycles. The molecule has 0 bridgehead atoms. The Morgan fingerprint density at radius 3 is 2.63 bits per heavy atom. The summed E-state index contributed by atoms with van der Waals surface area (Å²) < 4.78 is 41.7. The average molecular weight is 501 g/mol. The summed E-state index contributed by atoms with van der Waals surface area (Å²) >= 11 is 6.11. The number of fused-ring (bicyclic) bond motifs is 1. The van der Waals surface area contributed by atoms with Gasteiger partial charge in [0.1, 0.15) is 5.69 Å². The van der Waals surface area contributed by atoms with E-state index in [0.717, 1.165) is 17.7 Å². The molecule has 3 heterocycles. The molecule has 4 aromatic rings. The van der Waals surface area contributed by atoms with Crippen molar-refractivity contribution in [2.45, 2.75) is 6.18 Å². The monoisotopic (exact) mass is 500 g/mol. The Kier molecular flexibility index (Phi) is 6.08. The Balaban J connectivity index is 1.50. The van der Waals surface area contributed by atoms with Crippen LogP contribution in [0.4, 0.5) is 24.5 Å². The Labute approximate surface area is 203 Å². The van der Waals surface area contributed by atoms with Crippen LogP contribution in [0.25, 0.3) is 16.8 Å². The maximum absolute atomic E-state index is 13.4. The molecule has 0 unspecified atom stereocenters. The summed E-state index contributed by atoms with van der Waals surface area (Å²) in [7, 11) is 0. The highest BCUT2D eigenvalue weighted by Crippen LogP contribution is 2.36. The minimum absolute atomic E-state index is 0.0463. The van der Waals surface area contributed by atoms with Crippen LogP contribution in [-0.4, -0.2) is 46.7 Å². The number of hydrogen-bond acceptors (Lipinski definition) is 5. The van der Waals surface area contributed by atoms with Crippen molar-refractivity contribution in [1.29, 1.82) is 0 Å². The first-order valence-electron chi connectivity index (χ1n) is 10.9. The first-order chi connectivity index (χ1) is 16.8. The van der Waals surface area contributed by atoms with E-state index in [2.05, 4.69) is 20.7 Å². The molecule has 2 aromatic heterocycles. The summed E-state index contributed by atoms with van der Waals surface area (Å²) in [6.07, 6.45) is -1.35. The Hall–Kier alpha value is -3.63. The normalized spacial score (nSPS) is 14.3. The van der Waals surface area contributed by atoms with Crippen molar-refractivity contribution < 1.29 is 18.0 Å². The smallest absolute Gasteiger partial charge is 0.367 e. The van der Waals surface area contributed by atoms with Crippen molar-refractivity contribution in [2.75, 3.05) is 36.4 Å². The Morgan fingerprint density at radius 1 is 1.09 bits per heavy atom. The minimum Gasteiger partial charge on any atom is -0.367 e. The number of amides is 1. The number of carbonyl (C=O) groups excluding carboxylic acids is 1. The van der Waals surface area contributed by atoms with E-state index in [9.17, 15) is 18.0 Å². The standard InChI is InChI=1S/C24H20ClF3N6O/c25-17-3-1-2-15(12-17)18-14-30-34-9-6-19(31-22(18)34)23(35)32-20-13-16(24(26,27)28)4-5-21(20)33-10-7-29-8-11-33/h1-6,9,12-14,29H,7-8,10-11H2,(H,32,35). The molecule has 2 N–H and O–H groups in total. The van der Waals surface area contributed by atoms with E-state index in [1.807, 2.05) is 11.0 Å². The lowest BCUT2D eigenvalue weighted by molar-refractivity contribution is -0.137. The van der Waals surface area contributed by atoms with Crippen LogP contribution >= 0.6 is 11.6 Å². The van der Waals surface area contributed by atoms with Gasteiger partial charge in [-0.15, -0.1) is 0 Å². The second kappa shape index (κ2) is 9.20. The lowest BCUT2D eigenvalue weighted by Gasteiger charge is -2.31. The maximum atomic E-state index is 13.4. The van der Waals surface area contributed by atoms with E-state index in [4.69, 9.17) is 11.6 Å². The zero-order valence-electron chi connectivity index (χ0n) is 18.3. The number of halogens is 4. The molecule has 0 aliphatic carbocycles.